The third-order valence-corrected chi connectivity index (χ3v) is 2.93. The van der Waals surface area contributed by atoms with Gasteiger partial charge in [-0.05, 0) is 46.3 Å². The van der Waals surface area contributed by atoms with E-state index in [-0.39, 0.29) is 0 Å². The normalized spacial score (nSPS) is 27.4. The van der Waals surface area contributed by atoms with Gasteiger partial charge in [0.1, 0.15) is 0 Å². The van der Waals surface area contributed by atoms with Crippen molar-refractivity contribution in [3.05, 3.63) is 12.2 Å². The Morgan fingerprint density at radius 2 is 2.23 bits per heavy atom. The SMILES string of the molecule is C=C(C)CN(C)C1CCC1CNC. The molecule has 2 atom stereocenters. The fourth-order valence-corrected chi connectivity index (χ4v) is 2.18. The van der Waals surface area contributed by atoms with Gasteiger partial charge in [0.05, 0.1) is 0 Å². The van der Waals surface area contributed by atoms with Crippen LogP contribution in [0.1, 0.15) is 19.8 Å². The molecule has 1 aliphatic rings. The number of hydrogen-bond acceptors (Lipinski definition) is 2. The molecular weight excluding hydrogens is 160 g/mol. The maximum atomic E-state index is 3.95. The summed E-state index contributed by atoms with van der Waals surface area (Å²) in [5.74, 6) is 0.856. The number of nitrogens with zero attached hydrogens (tertiary/aromatic N) is 1. The Hall–Kier alpha value is -0.340. The van der Waals surface area contributed by atoms with Gasteiger partial charge < -0.3 is 5.32 Å². The first kappa shape index (κ1) is 10.7. The Labute approximate surface area is 82.0 Å². The van der Waals surface area contributed by atoms with Crippen molar-refractivity contribution >= 4 is 0 Å². The quantitative estimate of drug-likeness (QED) is 0.648. The van der Waals surface area contributed by atoms with Crippen molar-refractivity contribution in [2.24, 2.45) is 5.92 Å². The van der Waals surface area contributed by atoms with E-state index in [1.165, 1.54) is 18.4 Å². The monoisotopic (exact) mass is 182 g/mol. The lowest BCUT2D eigenvalue weighted by molar-refractivity contribution is 0.0930. The van der Waals surface area contributed by atoms with E-state index in [1.807, 2.05) is 7.05 Å². The van der Waals surface area contributed by atoms with Gasteiger partial charge in [0.25, 0.3) is 0 Å². The third-order valence-electron chi connectivity index (χ3n) is 2.93. The first-order valence-corrected chi connectivity index (χ1v) is 5.14. The Bertz CT molecular complexity index is 177. The minimum Gasteiger partial charge on any atom is -0.319 e. The zero-order valence-corrected chi connectivity index (χ0v) is 9.14. The van der Waals surface area contributed by atoms with Crippen LogP contribution in [0, 0.1) is 5.92 Å². The van der Waals surface area contributed by atoms with Crippen molar-refractivity contribution in [2.45, 2.75) is 25.8 Å². The van der Waals surface area contributed by atoms with E-state index in [2.05, 4.69) is 30.8 Å². The molecule has 2 nitrogen and oxygen atoms in total. The average molecular weight is 182 g/mol. The molecular formula is C11H22N2. The largest absolute Gasteiger partial charge is 0.319 e. The molecule has 1 rings (SSSR count). The average Bonchev–Trinajstić information content (AvgIpc) is 1.96. The molecule has 1 fully saturated rings. The van der Waals surface area contributed by atoms with Crippen LogP contribution < -0.4 is 5.32 Å². The molecule has 1 aliphatic carbocycles. The van der Waals surface area contributed by atoms with Crippen molar-refractivity contribution in [1.82, 2.24) is 10.2 Å². The molecule has 0 aromatic heterocycles. The second-order valence-electron chi connectivity index (χ2n) is 4.33. The maximum absolute atomic E-state index is 3.95. The second-order valence-corrected chi connectivity index (χ2v) is 4.33. The Morgan fingerprint density at radius 3 is 2.62 bits per heavy atom. The minimum atomic E-state index is 0.782. The molecule has 1 N–H and O–H groups in total. The smallest absolute Gasteiger partial charge is 0.0187 e. The summed E-state index contributed by atoms with van der Waals surface area (Å²) in [4.78, 5) is 2.44. The highest BCUT2D eigenvalue weighted by molar-refractivity contribution is 4.96. The van der Waals surface area contributed by atoms with Gasteiger partial charge in [0.15, 0.2) is 0 Å². The molecule has 0 aromatic rings. The summed E-state index contributed by atoms with van der Waals surface area (Å²) in [5.41, 5.74) is 1.26. The molecule has 13 heavy (non-hydrogen) atoms. The summed E-state index contributed by atoms with van der Waals surface area (Å²) in [7, 11) is 4.25. The van der Waals surface area contributed by atoms with Crippen LogP contribution in [0.5, 0.6) is 0 Å². The minimum absolute atomic E-state index is 0.782. The predicted octanol–water partition coefficient (Wildman–Crippen LogP) is 1.49. The molecule has 0 aromatic carbocycles. The first-order chi connectivity index (χ1) is 6.15. The van der Waals surface area contributed by atoms with Gasteiger partial charge in [-0.3, -0.25) is 4.90 Å². The Balaban J connectivity index is 2.30. The highest BCUT2D eigenvalue weighted by Crippen LogP contribution is 2.30. The summed E-state index contributed by atoms with van der Waals surface area (Å²) in [6, 6.07) is 0.782. The predicted molar refractivity (Wildman–Crippen MR) is 57.9 cm³/mol. The van der Waals surface area contributed by atoms with Crippen molar-refractivity contribution in [2.75, 3.05) is 27.2 Å². The van der Waals surface area contributed by atoms with E-state index in [0.717, 1.165) is 25.0 Å². The number of nitrogens with one attached hydrogen (secondary N) is 1. The lowest BCUT2D eigenvalue weighted by Crippen LogP contribution is -2.48. The molecule has 0 radical (unpaired) electrons. The molecule has 2 unspecified atom stereocenters. The summed E-state index contributed by atoms with van der Waals surface area (Å²) < 4.78 is 0. The van der Waals surface area contributed by atoms with E-state index < -0.39 is 0 Å². The Kier molecular flexibility index (Phi) is 3.94. The van der Waals surface area contributed by atoms with E-state index in [9.17, 15) is 0 Å². The molecule has 0 aliphatic heterocycles. The highest BCUT2D eigenvalue weighted by atomic mass is 15.1. The van der Waals surface area contributed by atoms with Crippen molar-refractivity contribution < 1.29 is 0 Å². The van der Waals surface area contributed by atoms with E-state index >= 15 is 0 Å². The van der Waals surface area contributed by atoms with Gasteiger partial charge >= 0.3 is 0 Å². The Morgan fingerprint density at radius 1 is 1.54 bits per heavy atom. The summed E-state index contributed by atoms with van der Waals surface area (Å²) in [6.07, 6.45) is 2.74. The zero-order chi connectivity index (χ0) is 9.84. The van der Waals surface area contributed by atoms with Crippen molar-refractivity contribution in [3.8, 4) is 0 Å². The van der Waals surface area contributed by atoms with Crippen LogP contribution in [0.4, 0.5) is 0 Å². The fraction of sp³-hybridized carbons (Fsp3) is 0.818. The second kappa shape index (κ2) is 4.77. The van der Waals surface area contributed by atoms with Crippen molar-refractivity contribution in [1.29, 1.82) is 0 Å². The van der Waals surface area contributed by atoms with Gasteiger partial charge in [0.2, 0.25) is 0 Å². The van der Waals surface area contributed by atoms with Crippen LogP contribution in [-0.2, 0) is 0 Å². The molecule has 76 valence electrons. The van der Waals surface area contributed by atoms with Crippen LogP contribution >= 0.6 is 0 Å². The number of hydrogen-bond donors (Lipinski definition) is 1. The molecule has 0 bridgehead atoms. The van der Waals surface area contributed by atoms with E-state index in [1.54, 1.807) is 0 Å². The van der Waals surface area contributed by atoms with Crippen LogP contribution in [0.2, 0.25) is 0 Å². The highest BCUT2D eigenvalue weighted by Gasteiger charge is 2.32. The van der Waals surface area contributed by atoms with Gasteiger partial charge in [-0.15, -0.1) is 0 Å². The van der Waals surface area contributed by atoms with Crippen LogP contribution in [0.25, 0.3) is 0 Å². The molecule has 2 heteroatoms. The third kappa shape index (κ3) is 2.82. The molecule has 0 spiro atoms. The van der Waals surface area contributed by atoms with E-state index in [0.29, 0.717) is 0 Å². The van der Waals surface area contributed by atoms with Crippen LogP contribution in [-0.4, -0.2) is 38.1 Å². The fourth-order valence-electron chi connectivity index (χ4n) is 2.18. The van der Waals surface area contributed by atoms with Gasteiger partial charge in [0, 0.05) is 12.6 Å². The topological polar surface area (TPSA) is 15.3 Å². The maximum Gasteiger partial charge on any atom is 0.0187 e. The first-order valence-electron chi connectivity index (χ1n) is 5.14. The standard InChI is InChI=1S/C11H22N2/c1-9(2)8-13(4)11-6-5-10(11)7-12-3/h10-12H,1,5-8H2,2-4H3. The van der Waals surface area contributed by atoms with Gasteiger partial charge in [-0.25, -0.2) is 0 Å². The van der Waals surface area contributed by atoms with Crippen LogP contribution in [0.15, 0.2) is 12.2 Å². The summed E-state index contributed by atoms with van der Waals surface area (Å²) in [5, 5.41) is 3.26. The number of likely N-dealkylation sites (N-methyl/N-ethyl adjacent to an activating group) is 1. The van der Waals surface area contributed by atoms with Crippen molar-refractivity contribution in [3.63, 3.8) is 0 Å². The lowest BCUT2D eigenvalue weighted by atomic mass is 9.78. The molecule has 1 saturated carbocycles. The lowest BCUT2D eigenvalue weighted by Gasteiger charge is -2.43. The summed E-state index contributed by atoms with van der Waals surface area (Å²) in [6.45, 7) is 8.25. The number of rotatable bonds is 5. The van der Waals surface area contributed by atoms with Gasteiger partial charge in [-0.1, -0.05) is 12.2 Å². The summed E-state index contributed by atoms with van der Waals surface area (Å²) >= 11 is 0. The molecule has 0 saturated heterocycles. The zero-order valence-electron chi connectivity index (χ0n) is 9.14. The van der Waals surface area contributed by atoms with Crippen LogP contribution in [0.3, 0.4) is 0 Å². The van der Waals surface area contributed by atoms with Gasteiger partial charge in [-0.2, -0.15) is 0 Å². The van der Waals surface area contributed by atoms with E-state index in [4.69, 9.17) is 0 Å². The molecule has 0 heterocycles. The molecule has 0 amide bonds.